The third kappa shape index (κ3) is 3.98. The van der Waals surface area contributed by atoms with E-state index >= 15 is 0 Å². The van der Waals surface area contributed by atoms with Crippen molar-refractivity contribution in [3.05, 3.63) is 29.8 Å². The van der Waals surface area contributed by atoms with Gasteiger partial charge in [-0.05, 0) is 43.4 Å². The van der Waals surface area contributed by atoms with Crippen molar-refractivity contribution >= 4 is 18.5 Å². The van der Waals surface area contributed by atoms with Crippen LogP contribution in [0.1, 0.15) is 25.3 Å². The van der Waals surface area contributed by atoms with Gasteiger partial charge < -0.3 is 10.0 Å². The lowest BCUT2D eigenvalue weighted by atomic mass is 9.92. The monoisotopic (exact) mass is 279 g/mol. The van der Waals surface area contributed by atoms with Crippen LogP contribution < -0.4 is 0 Å². The number of aliphatic hydroxyl groups excluding tert-OH is 1. The van der Waals surface area contributed by atoms with Crippen molar-refractivity contribution in [2.75, 3.05) is 13.1 Å². The molecule has 0 radical (unpaired) electrons. The number of piperidine rings is 1. The standard InChI is InChI=1S/C15H21NO2S/c1-11(17)13-6-8-16(9-7-13)15(18)10-12-2-4-14(19)5-3-12/h2-5,11,13,17,19H,6-10H2,1H3. The van der Waals surface area contributed by atoms with Crippen molar-refractivity contribution < 1.29 is 9.90 Å². The van der Waals surface area contributed by atoms with E-state index in [1.165, 1.54) is 0 Å². The summed E-state index contributed by atoms with van der Waals surface area (Å²) in [6, 6.07) is 7.71. The van der Waals surface area contributed by atoms with Crippen LogP contribution in [0.5, 0.6) is 0 Å². The van der Waals surface area contributed by atoms with Gasteiger partial charge in [0.1, 0.15) is 0 Å². The van der Waals surface area contributed by atoms with Crippen molar-refractivity contribution in [1.29, 1.82) is 0 Å². The van der Waals surface area contributed by atoms with Crippen molar-refractivity contribution in [3.8, 4) is 0 Å². The second-order valence-corrected chi connectivity index (χ2v) is 5.82. The first kappa shape index (κ1) is 14.4. The molecule has 1 heterocycles. The van der Waals surface area contributed by atoms with Gasteiger partial charge in [0.2, 0.25) is 5.91 Å². The maximum atomic E-state index is 12.2. The number of rotatable bonds is 3. The molecular formula is C15H21NO2S. The summed E-state index contributed by atoms with van der Waals surface area (Å²) in [6.07, 6.45) is 1.99. The molecule has 104 valence electrons. The second-order valence-electron chi connectivity index (χ2n) is 5.30. The Bertz CT molecular complexity index is 422. The van der Waals surface area contributed by atoms with Crippen LogP contribution in [0.4, 0.5) is 0 Å². The van der Waals surface area contributed by atoms with Crippen LogP contribution in [0.3, 0.4) is 0 Å². The van der Waals surface area contributed by atoms with Crippen molar-refractivity contribution in [2.45, 2.75) is 37.2 Å². The van der Waals surface area contributed by atoms with Gasteiger partial charge >= 0.3 is 0 Å². The van der Waals surface area contributed by atoms with E-state index in [2.05, 4.69) is 12.6 Å². The zero-order valence-electron chi connectivity index (χ0n) is 11.2. The lowest BCUT2D eigenvalue weighted by Crippen LogP contribution is -2.41. The molecule has 0 aromatic heterocycles. The van der Waals surface area contributed by atoms with Gasteiger partial charge in [-0.25, -0.2) is 0 Å². The Hall–Kier alpha value is -1.00. The zero-order valence-corrected chi connectivity index (χ0v) is 12.1. The largest absolute Gasteiger partial charge is 0.393 e. The minimum absolute atomic E-state index is 0.177. The first-order chi connectivity index (χ1) is 9.06. The maximum absolute atomic E-state index is 12.2. The molecule has 1 saturated heterocycles. The van der Waals surface area contributed by atoms with Crippen LogP contribution in [0.15, 0.2) is 29.2 Å². The van der Waals surface area contributed by atoms with Crippen LogP contribution in [0.2, 0.25) is 0 Å². The van der Waals surface area contributed by atoms with Crippen LogP contribution >= 0.6 is 12.6 Å². The minimum Gasteiger partial charge on any atom is -0.393 e. The molecule has 1 aromatic rings. The fourth-order valence-corrected chi connectivity index (χ4v) is 2.68. The molecule has 19 heavy (non-hydrogen) atoms. The number of aliphatic hydroxyl groups is 1. The van der Waals surface area contributed by atoms with E-state index in [1.807, 2.05) is 36.1 Å². The molecule has 1 aliphatic heterocycles. The molecular weight excluding hydrogens is 258 g/mol. The van der Waals surface area contributed by atoms with E-state index in [-0.39, 0.29) is 12.0 Å². The molecule has 1 fully saturated rings. The minimum atomic E-state index is -0.264. The predicted molar refractivity (Wildman–Crippen MR) is 78.4 cm³/mol. The molecule has 1 N–H and O–H groups in total. The third-order valence-corrected chi connectivity index (χ3v) is 4.16. The van der Waals surface area contributed by atoms with Crippen LogP contribution in [-0.4, -0.2) is 35.1 Å². The molecule has 3 nitrogen and oxygen atoms in total. The summed E-state index contributed by atoms with van der Waals surface area (Å²) in [4.78, 5) is 15.0. The highest BCUT2D eigenvalue weighted by atomic mass is 32.1. The normalized spacial score (nSPS) is 18.4. The summed E-state index contributed by atoms with van der Waals surface area (Å²) in [6.45, 7) is 3.36. The van der Waals surface area contributed by atoms with E-state index in [0.717, 1.165) is 36.4 Å². The molecule has 1 unspecified atom stereocenters. The average Bonchev–Trinajstić information content (AvgIpc) is 2.41. The van der Waals surface area contributed by atoms with Gasteiger partial charge in [-0.2, -0.15) is 0 Å². The van der Waals surface area contributed by atoms with Crippen LogP contribution in [-0.2, 0) is 11.2 Å². The number of hydrogen-bond acceptors (Lipinski definition) is 3. The Kier molecular flexibility index (Phi) is 4.88. The number of carbonyl (C=O) groups is 1. The smallest absolute Gasteiger partial charge is 0.226 e. The van der Waals surface area contributed by atoms with E-state index < -0.39 is 0 Å². The fraction of sp³-hybridized carbons (Fsp3) is 0.533. The number of thiol groups is 1. The van der Waals surface area contributed by atoms with Gasteiger partial charge in [-0.1, -0.05) is 12.1 Å². The van der Waals surface area contributed by atoms with E-state index in [0.29, 0.717) is 12.3 Å². The predicted octanol–water partition coefficient (Wildman–Crippen LogP) is 2.14. The zero-order chi connectivity index (χ0) is 13.8. The first-order valence-electron chi connectivity index (χ1n) is 6.80. The summed E-state index contributed by atoms with van der Waals surface area (Å²) in [5.41, 5.74) is 1.03. The van der Waals surface area contributed by atoms with E-state index in [9.17, 15) is 9.90 Å². The van der Waals surface area contributed by atoms with Gasteiger partial charge in [-0.15, -0.1) is 12.6 Å². The molecule has 1 amide bonds. The quantitative estimate of drug-likeness (QED) is 0.832. The summed E-state index contributed by atoms with van der Waals surface area (Å²) < 4.78 is 0. The van der Waals surface area contributed by atoms with E-state index in [1.54, 1.807) is 0 Å². The number of nitrogens with zero attached hydrogens (tertiary/aromatic N) is 1. The van der Waals surface area contributed by atoms with Crippen molar-refractivity contribution in [2.24, 2.45) is 5.92 Å². The Morgan fingerprint density at radius 2 is 1.95 bits per heavy atom. The number of benzene rings is 1. The lowest BCUT2D eigenvalue weighted by molar-refractivity contribution is -0.132. The SMILES string of the molecule is CC(O)C1CCN(C(=O)Cc2ccc(S)cc2)CC1. The highest BCUT2D eigenvalue weighted by Gasteiger charge is 2.25. The second kappa shape index (κ2) is 6.44. The summed E-state index contributed by atoms with van der Waals surface area (Å²) in [5.74, 6) is 0.517. The topological polar surface area (TPSA) is 40.5 Å². The molecule has 1 aliphatic rings. The molecule has 0 spiro atoms. The molecule has 0 bridgehead atoms. The van der Waals surface area contributed by atoms with Crippen LogP contribution in [0.25, 0.3) is 0 Å². The Balaban J connectivity index is 1.86. The average molecular weight is 279 g/mol. The molecule has 0 aliphatic carbocycles. The number of carbonyl (C=O) groups excluding carboxylic acids is 1. The Morgan fingerprint density at radius 1 is 1.37 bits per heavy atom. The number of amides is 1. The lowest BCUT2D eigenvalue weighted by Gasteiger charge is -2.33. The molecule has 1 aromatic carbocycles. The molecule has 4 heteroatoms. The number of likely N-dealkylation sites (tertiary alicyclic amines) is 1. The Labute approximate surface area is 120 Å². The van der Waals surface area contributed by atoms with Gasteiger partial charge in [0.15, 0.2) is 0 Å². The Morgan fingerprint density at radius 3 is 2.47 bits per heavy atom. The van der Waals surface area contributed by atoms with Gasteiger partial charge in [0.25, 0.3) is 0 Å². The van der Waals surface area contributed by atoms with Crippen molar-refractivity contribution in [1.82, 2.24) is 4.90 Å². The van der Waals surface area contributed by atoms with Crippen LogP contribution in [0, 0.1) is 5.92 Å². The van der Waals surface area contributed by atoms with Crippen molar-refractivity contribution in [3.63, 3.8) is 0 Å². The van der Waals surface area contributed by atoms with E-state index in [4.69, 9.17) is 0 Å². The third-order valence-electron chi connectivity index (χ3n) is 3.87. The summed E-state index contributed by atoms with van der Waals surface area (Å²) in [7, 11) is 0. The van der Waals surface area contributed by atoms with Gasteiger partial charge in [-0.3, -0.25) is 4.79 Å². The molecule has 0 saturated carbocycles. The first-order valence-corrected chi connectivity index (χ1v) is 7.24. The molecule has 2 rings (SSSR count). The molecule has 1 atom stereocenters. The maximum Gasteiger partial charge on any atom is 0.226 e. The summed E-state index contributed by atoms with van der Waals surface area (Å²) >= 11 is 4.23. The van der Waals surface area contributed by atoms with Gasteiger partial charge in [0, 0.05) is 18.0 Å². The highest BCUT2D eigenvalue weighted by molar-refractivity contribution is 7.80. The summed E-state index contributed by atoms with van der Waals surface area (Å²) in [5, 5.41) is 9.55. The highest BCUT2D eigenvalue weighted by Crippen LogP contribution is 2.21. The fourth-order valence-electron chi connectivity index (χ4n) is 2.53. The number of hydrogen-bond donors (Lipinski definition) is 2. The van der Waals surface area contributed by atoms with Gasteiger partial charge in [0.05, 0.1) is 12.5 Å².